The molecule has 4 heteroatoms. The normalized spacial score (nSPS) is 17.5. The van der Waals surface area contributed by atoms with E-state index in [2.05, 4.69) is 24.3 Å². The number of hydrogen-bond donors (Lipinski definition) is 0. The van der Waals surface area contributed by atoms with Gasteiger partial charge in [-0.15, -0.1) is 0 Å². The number of piperidine rings is 1. The Kier molecular flexibility index (Phi) is 6.40. The summed E-state index contributed by atoms with van der Waals surface area (Å²) in [6.07, 6.45) is 5.77. The van der Waals surface area contributed by atoms with Crippen LogP contribution in [-0.4, -0.2) is 35.8 Å². The zero-order valence-corrected chi connectivity index (χ0v) is 16.9. The molecule has 1 unspecified atom stereocenters. The topological polar surface area (TPSA) is 38.8 Å². The molecule has 0 aliphatic carbocycles. The first-order valence-electron chi connectivity index (χ1n) is 9.87. The molecule has 1 heterocycles. The van der Waals surface area contributed by atoms with Crippen molar-refractivity contribution in [2.75, 3.05) is 13.1 Å². The molecule has 1 amide bonds. The second-order valence-corrected chi connectivity index (χ2v) is 8.12. The lowest BCUT2D eigenvalue weighted by Gasteiger charge is -2.34. The summed E-state index contributed by atoms with van der Waals surface area (Å²) in [5.41, 5.74) is 1.82. The first-order valence-corrected chi connectivity index (χ1v) is 9.87. The van der Waals surface area contributed by atoms with E-state index in [4.69, 9.17) is 9.47 Å². The minimum atomic E-state index is -0.478. The fourth-order valence-electron chi connectivity index (χ4n) is 3.13. The molecule has 0 aromatic heterocycles. The van der Waals surface area contributed by atoms with E-state index in [0.717, 1.165) is 30.7 Å². The van der Waals surface area contributed by atoms with E-state index >= 15 is 0 Å². The molecular formula is C24H29NO3. The second kappa shape index (κ2) is 8.96. The lowest BCUT2D eigenvalue weighted by Crippen LogP contribution is -2.46. The highest BCUT2D eigenvalue weighted by molar-refractivity contribution is 5.70. The van der Waals surface area contributed by atoms with Crippen molar-refractivity contribution in [2.45, 2.75) is 45.3 Å². The predicted molar refractivity (Wildman–Crippen MR) is 113 cm³/mol. The second-order valence-electron chi connectivity index (χ2n) is 8.12. The van der Waals surface area contributed by atoms with Gasteiger partial charge in [-0.25, -0.2) is 4.79 Å². The number of benzene rings is 2. The Bertz CT molecular complexity index is 791. The average molecular weight is 380 g/mol. The van der Waals surface area contributed by atoms with Crippen molar-refractivity contribution in [3.05, 3.63) is 65.7 Å². The van der Waals surface area contributed by atoms with Crippen LogP contribution in [0.2, 0.25) is 0 Å². The third-order valence-electron chi connectivity index (χ3n) is 4.48. The number of hydrogen-bond acceptors (Lipinski definition) is 3. The summed E-state index contributed by atoms with van der Waals surface area (Å²) in [7, 11) is 0. The van der Waals surface area contributed by atoms with Crippen LogP contribution < -0.4 is 4.74 Å². The van der Waals surface area contributed by atoms with Gasteiger partial charge in [0.1, 0.15) is 17.5 Å². The van der Waals surface area contributed by atoms with E-state index in [1.807, 2.05) is 63.2 Å². The molecule has 1 aliphatic heterocycles. The molecule has 4 nitrogen and oxygen atoms in total. The molecule has 2 aromatic rings. The third kappa shape index (κ3) is 6.15. The maximum absolute atomic E-state index is 12.3. The molecule has 0 bridgehead atoms. The molecule has 1 saturated heterocycles. The van der Waals surface area contributed by atoms with Gasteiger partial charge in [-0.05, 0) is 56.9 Å². The number of carbonyl (C=O) groups excluding carboxylic acids is 1. The van der Waals surface area contributed by atoms with Gasteiger partial charge < -0.3 is 14.4 Å². The van der Waals surface area contributed by atoms with Crippen LogP contribution in [0.3, 0.4) is 0 Å². The van der Waals surface area contributed by atoms with Gasteiger partial charge in [0.05, 0.1) is 6.54 Å². The Hall–Kier alpha value is -2.75. The number of rotatable bonds is 4. The summed E-state index contributed by atoms with van der Waals surface area (Å²) < 4.78 is 11.6. The van der Waals surface area contributed by atoms with Crippen LogP contribution in [0, 0.1) is 0 Å². The molecule has 1 aliphatic rings. The SMILES string of the molecule is CC(C)(C)OC(=O)N1CCCC(Oc2ccc(C=Cc3ccccc3)cc2)C1. The number of ether oxygens (including phenoxy) is 2. The molecule has 3 rings (SSSR count). The zero-order valence-electron chi connectivity index (χ0n) is 16.9. The van der Waals surface area contributed by atoms with Gasteiger partial charge in [0, 0.05) is 6.54 Å². The summed E-state index contributed by atoms with van der Waals surface area (Å²) in [6.45, 7) is 6.94. The van der Waals surface area contributed by atoms with E-state index in [1.165, 1.54) is 5.56 Å². The van der Waals surface area contributed by atoms with E-state index < -0.39 is 5.60 Å². The summed E-state index contributed by atoms with van der Waals surface area (Å²) in [5, 5.41) is 0. The van der Waals surface area contributed by atoms with Crippen molar-refractivity contribution in [2.24, 2.45) is 0 Å². The van der Waals surface area contributed by atoms with Crippen molar-refractivity contribution in [3.63, 3.8) is 0 Å². The van der Waals surface area contributed by atoms with Gasteiger partial charge in [-0.3, -0.25) is 0 Å². The standard InChI is InChI=1S/C24H29NO3/c1-24(2,3)28-23(26)25-17-7-10-22(18-25)27-21-15-13-20(14-16-21)12-11-19-8-5-4-6-9-19/h4-6,8-9,11-16,22H,7,10,17-18H2,1-3H3. The highest BCUT2D eigenvalue weighted by Crippen LogP contribution is 2.21. The van der Waals surface area contributed by atoms with Crippen molar-refractivity contribution in [3.8, 4) is 5.75 Å². The van der Waals surface area contributed by atoms with Gasteiger partial charge in [0.15, 0.2) is 0 Å². The summed E-state index contributed by atoms with van der Waals surface area (Å²) >= 11 is 0. The minimum Gasteiger partial charge on any atom is -0.489 e. The Labute approximate surface area is 167 Å². The van der Waals surface area contributed by atoms with Crippen LogP contribution in [0.1, 0.15) is 44.7 Å². The molecule has 28 heavy (non-hydrogen) atoms. The first-order chi connectivity index (χ1) is 13.4. The van der Waals surface area contributed by atoms with Crippen LogP contribution in [0.15, 0.2) is 54.6 Å². The summed E-state index contributed by atoms with van der Waals surface area (Å²) in [6, 6.07) is 18.3. The van der Waals surface area contributed by atoms with Crippen molar-refractivity contribution in [1.29, 1.82) is 0 Å². The molecule has 0 N–H and O–H groups in total. The van der Waals surface area contributed by atoms with Crippen LogP contribution in [0.4, 0.5) is 4.79 Å². The molecule has 0 spiro atoms. The van der Waals surface area contributed by atoms with Crippen molar-refractivity contribution in [1.82, 2.24) is 4.90 Å². The molecule has 1 atom stereocenters. The van der Waals surface area contributed by atoms with Crippen LogP contribution in [-0.2, 0) is 4.74 Å². The monoisotopic (exact) mass is 379 g/mol. The molecule has 1 fully saturated rings. The van der Waals surface area contributed by atoms with Crippen LogP contribution in [0.25, 0.3) is 12.2 Å². The number of likely N-dealkylation sites (tertiary alicyclic amines) is 1. The number of amides is 1. The van der Waals surface area contributed by atoms with Crippen molar-refractivity contribution < 1.29 is 14.3 Å². The maximum Gasteiger partial charge on any atom is 0.410 e. The fourth-order valence-corrected chi connectivity index (χ4v) is 3.13. The van der Waals surface area contributed by atoms with E-state index in [9.17, 15) is 4.79 Å². The van der Waals surface area contributed by atoms with Gasteiger partial charge in [0.2, 0.25) is 0 Å². The van der Waals surface area contributed by atoms with Crippen LogP contribution in [0.5, 0.6) is 5.75 Å². The Balaban J connectivity index is 1.55. The quantitative estimate of drug-likeness (QED) is 0.646. The predicted octanol–water partition coefficient (Wildman–Crippen LogP) is 5.64. The van der Waals surface area contributed by atoms with Gasteiger partial charge in [0.25, 0.3) is 0 Å². The Morgan fingerprint density at radius 2 is 1.64 bits per heavy atom. The van der Waals surface area contributed by atoms with Crippen molar-refractivity contribution >= 4 is 18.2 Å². The number of nitrogens with zero attached hydrogens (tertiary/aromatic N) is 1. The zero-order chi connectivity index (χ0) is 20.0. The Morgan fingerprint density at radius 1 is 1.00 bits per heavy atom. The smallest absolute Gasteiger partial charge is 0.410 e. The molecule has 2 aromatic carbocycles. The number of carbonyl (C=O) groups is 1. The summed E-state index contributed by atoms with van der Waals surface area (Å²) in [4.78, 5) is 14.0. The van der Waals surface area contributed by atoms with Gasteiger partial charge in [-0.1, -0.05) is 54.6 Å². The van der Waals surface area contributed by atoms with Gasteiger partial charge >= 0.3 is 6.09 Å². The van der Waals surface area contributed by atoms with Gasteiger partial charge in [-0.2, -0.15) is 0 Å². The minimum absolute atomic E-state index is 0.00743. The molecule has 0 saturated carbocycles. The van der Waals surface area contributed by atoms with E-state index in [0.29, 0.717) is 6.54 Å². The first kappa shape index (κ1) is 20.0. The largest absolute Gasteiger partial charge is 0.489 e. The van der Waals surface area contributed by atoms with Crippen LogP contribution >= 0.6 is 0 Å². The maximum atomic E-state index is 12.3. The van der Waals surface area contributed by atoms with E-state index in [1.54, 1.807) is 4.90 Å². The summed E-state index contributed by atoms with van der Waals surface area (Å²) in [5.74, 6) is 0.827. The fraction of sp³-hybridized carbons (Fsp3) is 0.375. The molecule has 148 valence electrons. The lowest BCUT2D eigenvalue weighted by molar-refractivity contribution is 0.00776. The third-order valence-corrected chi connectivity index (χ3v) is 4.48. The lowest BCUT2D eigenvalue weighted by atomic mass is 10.1. The Morgan fingerprint density at radius 3 is 2.29 bits per heavy atom. The van der Waals surface area contributed by atoms with E-state index in [-0.39, 0.29) is 12.2 Å². The average Bonchev–Trinajstić information content (AvgIpc) is 2.67. The molecule has 0 radical (unpaired) electrons. The highest BCUT2D eigenvalue weighted by Gasteiger charge is 2.28. The highest BCUT2D eigenvalue weighted by atomic mass is 16.6. The molecular weight excluding hydrogens is 350 g/mol.